The van der Waals surface area contributed by atoms with Crippen LogP contribution in [0.25, 0.3) is 16.7 Å². The largest absolute Gasteiger partial charge is 0.497 e. The van der Waals surface area contributed by atoms with Crippen molar-refractivity contribution in [1.82, 2.24) is 33.9 Å². The molecule has 0 unspecified atom stereocenters. The smallest absolute Gasteiger partial charge is 0.410 e. The third kappa shape index (κ3) is 5.26. The summed E-state index contributed by atoms with van der Waals surface area (Å²) < 4.78 is 13.7. The van der Waals surface area contributed by atoms with Crippen LogP contribution in [0.15, 0.2) is 47.7 Å². The van der Waals surface area contributed by atoms with Gasteiger partial charge in [-0.15, -0.1) is 0 Å². The highest BCUT2D eigenvalue weighted by molar-refractivity contribution is 5.89. The van der Waals surface area contributed by atoms with E-state index in [1.54, 1.807) is 22.8 Å². The molecule has 11 heteroatoms. The quantitative estimate of drug-likeness (QED) is 0.407. The van der Waals surface area contributed by atoms with E-state index in [2.05, 4.69) is 15.0 Å². The summed E-state index contributed by atoms with van der Waals surface area (Å²) in [4.78, 5) is 38.6. The van der Waals surface area contributed by atoms with Crippen LogP contribution in [0.2, 0.25) is 0 Å². The number of carbonyl (C=O) groups is 1. The van der Waals surface area contributed by atoms with Gasteiger partial charge in [0.2, 0.25) is 0 Å². The van der Waals surface area contributed by atoms with Crippen LogP contribution in [0.4, 0.5) is 4.79 Å². The zero-order chi connectivity index (χ0) is 26.2. The minimum atomic E-state index is -0.508. The Morgan fingerprint density at radius 3 is 2.38 bits per heavy atom. The fourth-order valence-electron chi connectivity index (χ4n) is 4.47. The number of methoxy groups -OCH3 is 1. The lowest BCUT2D eigenvalue weighted by Gasteiger charge is -2.35. The van der Waals surface area contributed by atoms with Gasteiger partial charge in [-0.3, -0.25) is 9.47 Å². The summed E-state index contributed by atoms with van der Waals surface area (Å²) in [5, 5.41) is 4.92. The summed E-state index contributed by atoms with van der Waals surface area (Å²) in [7, 11) is 1.62. The number of benzene rings is 1. The third-order valence-corrected chi connectivity index (χ3v) is 6.31. The molecule has 0 aliphatic carbocycles. The van der Waals surface area contributed by atoms with Crippen molar-refractivity contribution in [3.8, 4) is 5.75 Å². The van der Waals surface area contributed by atoms with Crippen LogP contribution in [0.5, 0.6) is 5.75 Å². The van der Waals surface area contributed by atoms with E-state index in [-0.39, 0.29) is 11.8 Å². The van der Waals surface area contributed by atoms with Crippen molar-refractivity contribution < 1.29 is 14.3 Å². The Morgan fingerprint density at radius 1 is 0.973 bits per heavy atom. The van der Waals surface area contributed by atoms with Crippen LogP contribution in [-0.2, 0) is 17.8 Å². The highest BCUT2D eigenvalue weighted by atomic mass is 16.6. The van der Waals surface area contributed by atoms with E-state index in [0.29, 0.717) is 37.5 Å². The second-order valence-electron chi connectivity index (χ2n) is 10.2. The van der Waals surface area contributed by atoms with Gasteiger partial charge in [-0.2, -0.15) is 9.61 Å². The molecule has 0 bridgehead atoms. The molecule has 1 saturated heterocycles. The summed E-state index contributed by atoms with van der Waals surface area (Å²) >= 11 is 0. The maximum atomic E-state index is 13.2. The summed E-state index contributed by atoms with van der Waals surface area (Å²) in [6.07, 6.45) is 2.92. The number of ether oxygens (including phenoxy) is 2. The number of hydrogen-bond acceptors (Lipinski definition) is 8. The Labute approximate surface area is 214 Å². The number of hydrogen-bond donors (Lipinski definition) is 0. The Hall–Kier alpha value is -3.99. The lowest BCUT2D eigenvalue weighted by atomic mass is 10.2. The molecule has 11 nitrogen and oxygen atoms in total. The normalized spacial score (nSPS) is 14.9. The lowest BCUT2D eigenvalue weighted by Crippen LogP contribution is -2.49. The van der Waals surface area contributed by atoms with Crippen LogP contribution >= 0.6 is 0 Å². The second-order valence-corrected chi connectivity index (χ2v) is 10.2. The highest BCUT2D eigenvalue weighted by Gasteiger charge is 2.26. The van der Waals surface area contributed by atoms with Crippen molar-refractivity contribution >= 4 is 22.8 Å². The van der Waals surface area contributed by atoms with Gasteiger partial charge in [-0.25, -0.2) is 19.6 Å². The third-order valence-electron chi connectivity index (χ3n) is 6.31. The number of fused-ring (bicyclic) bond motifs is 3. The van der Waals surface area contributed by atoms with Gasteiger partial charge in [-0.1, -0.05) is 12.1 Å². The molecule has 5 rings (SSSR count). The molecule has 194 valence electrons. The predicted molar refractivity (Wildman–Crippen MR) is 138 cm³/mol. The first kappa shape index (κ1) is 24.7. The van der Waals surface area contributed by atoms with E-state index in [1.165, 1.54) is 10.8 Å². The first-order chi connectivity index (χ1) is 17.7. The number of carbonyl (C=O) groups excluding carboxylic acids is 1. The first-order valence-corrected chi connectivity index (χ1v) is 12.3. The molecule has 0 atom stereocenters. The number of rotatable bonds is 5. The van der Waals surface area contributed by atoms with Crippen molar-refractivity contribution in [1.29, 1.82) is 0 Å². The Morgan fingerprint density at radius 2 is 1.70 bits per heavy atom. The topological polar surface area (TPSA) is 107 Å². The second kappa shape index (κ2) is 9.81. The molecule has 1 amide bonds. The molecule has 1 fully saturated rings. The van der Waals surface area contributed by atoms with Gasteiger partial charge in [0.15, 0.2) is 5.65 Å². The van der Waals surface area contributed by atoms with Crippen LogP contribution in [0, 0.1) is 0 Å². The van der Waals surface area contributed by atoms with E-state index in [0.717, 1.165) is 35.4 Å². The monoisotopic (exact) mass is 505 g/mol. The lowest BCUT2D eigenvalue weighted by molar-refractivity contribution is 0.0139. The van der Waals surface area contributed by atoms with Crippen molar-refractivity contribution in [3.63, 3.8) is 0 Å². The number of pyridine rings is 1. The predicted octanol–water partition coefficient (Wildman–Crippen LogP) is 2.55. The minimum absolute atomic E-state index is 0.274. The summed E-state index contributed by atoms with van der Waals surface area (Å²) in [6, 6.07) is 9.60. The number of nitrogens with zero attached hydrogens (tertiary/aromatic N) is 7. The molecule has 4 aromatic rings. The molecular weight excluding hydrogens is 474 g/mol. The molecule has 3 aromatic heterocycles. The van der Waals surface area contributed by atoms with Crippen molar-refractivity contribution in [3.05, 3.63) is 64.5 Å². The highest BCUT2D eigenvalue weighted by Crippen LogP contribution is 2.20. The molecule has 4 heterocycles. The van der Waals surface area contributed by atoms with Gasteiger partial charge in [0, 0.05) is 38.9 Å². The standard InChI is InChI=1S/C26H31N7O4/c1-26(2,3)37-25(35)31-11-9-30(10-12-31)15-19-13-21-22(27-14-19)32(24(34)33-23(21)28-17-29-33)16-18-5-7-20(36-4)8-6-18/h5-8,13-14,17H,9-12,15-16H2,1-4H3. The van der Waals surface area contributed by atoms with E-state index in [1.807, 2.05) is 51.1 Å². The number of aromatic nitrogens is 5. The number of amides is 1. The zero-order valence-electron chi connectivity index (χ0n) is 21.5. The van der Waals surface area contributed by atoms with Crippen LogP contribution in [0.3, 0.4) is 0 Å². The Balaban J connectivity index is 1.38. The number of piperazine rings is 1. The average Bonchev–Trinajstić information content (AvgIpc) is 3.37. The van der Waals surface area contributed by atoms with Crippen LogP contribution < -0.4 is 10.4 Å². The van der Waals surface area contributed by atoms with Gasteiger partial charge in [0.05, 0.1) is 19.0 Å². The van der Waals surface area contributed by atoms with Gasteiger partial charge in [-0.05, 0) is 50.1 Å². The maximum absolute atomic E-state index is 13.2. The van der Waals surface area contributed by atoms with Gasteiger partial charge in [0.1, 0.15) is 23.3 Å². The molecule has 0 N–H and O–H groups in total. The fourth-order valence-corrected chi connectivity index (χ4v) is 4.47. The van der Waals surface area contributed by atoms with Crippen LogP contribution in [-0.4, -0.2) is 78.9 Å². The van der Waals surface area contributed by atoms with Crippen molar-refractivity contribution in [2.75, 3.05) is 33.3 Å². The molecule has 0 saturated carbocycles. The maximum Gasteiger partial charge on any atom is 0.410 e. The first-order valence-electron chi connectivity index (χ1n) is 12.3. The minimum Gasteiger partial charge on any atom is -0.497 e. The molecule has 1 aliphatic heterocycles. The molecule has 1 aromatic carbocycles. The van der Waals surface area contributed by atoms with Crippen molar-refractivity contribution in [2.24, 2.45) is 0 Å². The Bertz CT molecular complexity index is 1480. The van der Waals surface area contributed by atoms with E-state index < -0.39 is 5.60 Å². The fraction of sp³-hybridized carbons (Fsp3) is 0.423. The van der Waals surface area contributed by atoms with Gasteiger partial charge >= 0.3 is 11.8 Å². The van der Waals surface area contributed by atoms with Crippen molar-refractivity contribution in [2.45, 2.75) is 39.5 Å². The summed E-state index contributed by atoms with van der Waals surface area (Å²) in [6.45, 7) is 9.29. The summed E-state index contributed by atoms with van der Waals surface area (Å²) in [5.74, 6) is 0.752. The van der Waals surface area contributed by atoms with Crippen LogP contribution in [0.1, 0.15) is 31.9 Å². The average molecular weight is 506 g/mol. The molecule has 0 radical (unpaired) electrons. The summed E-state index contributed by atoms with van der Waals surface area (Å²) in [5.41, 5.74) is 2.17. The van der Waals surface area contributed by atoms with E-state index in [9.17, 15) is 9.59 Å². The van der Waals surface area contributed by atoms with E-state index >= 15 is 0 Å². The zero-order valence-corrected chi connectivity index (χ0v) is 21.5. The molecule has 0 spiro atoms. The van der Waals surface area contributed by atoms with E-state index in [4.69, 9.17) is 14.5 Å². The Kier molecular flexibility index (Phi) is 6.55. The van der Waals surface area contributed by atoms with Gasteiger partial charge in [0.25, 0.3) is 0 Å². The van der Waals surface area contributed by atoms with Gasteiger partial charge < -0.3 is 14.4 Å². The molecular formula is C26H31N7O4. The molecule has 1 aliphatic rings. The molecule has 37 heavy (non-hydrogen) atoms. The SMILES string of the molecule is COc1ccc(Cn2c(=O)n3ncnc3c3cc(CN4CCN(C(=O)OC(C)(C)C)CC4)cnc32)cc1.